The average molecular weight is 802 g/mol. The SMILES string of the molecule is CCCCCCCCCCCCCCCCOc1nc(OCCCCCCCCCCCCCCCC)nc(OCCCCCCCCCCCCCCCC)n1. The molecular weight excluding hydrogens is 703 g/mol. The van der Waals surface area contributed by atoms with Crippen molar-refractivity contribution in [2.45, 2.75) is 290 Å². The van der Waals surface area contributed by atoms with Gasteiger partial charge in [-0.15, -0.1) is 15.0 Å². The molecule has 1 aromatic rings. The standard InChI is InChI=1S/C51H99N3O3/c1-4-7-10-13-16-19-22-25-28-31-34-37-40-43-46-55-49-52-50(56-47-44-41-38-35-32-29-26-23-20-17-14-11-8-5-2)54-51(53-49)57-48-45-42-39-36-33-30-27-24-21-18-15-12-9-6-3/h4-48H2,1-3H3. The van der Waals surface area contributed by atoms with Gasteiger partial charge in [-0.25, -0.2) is 0 Å². The summed E-state index contributed by atoms with van der Waals surface area (Å²) in [4.78, 5) is 13.5. The first-order chi connectivity index (χ1) is 28.3. The van der Waals surface area contributed by atoms with E-state index in [1.54, 1.807) is 0 Å². The first kappa shape index (κ1) is 53.4. The van der Waals surface area contributed by atoms with Crippen LogP contribution in [0, 0.1) is 0 Å². The van der Waals surface area contributed by atoms with Gasteiger partial charge in [-0.1, -0.05) is 271 Å². The molecule has 336 valence electrons. The van der Waals surface area contributed by atoms with E-state index in [1.165, 1.54) is 250 Å². The first-order valence-electron chi connectivity index (χ1n) is 25.9. The molecule has 0 amide bonds. The van der Waals surface area contributed by atoms with Gasteiger partial charge >= 0.3 is 18.0 Å². The van der Waals surface area contributed by atoms with Crippen LogP contribution in [-0.2, 0) is 0 Å². The molecule has 1 aromatic heterocycles. The van der Waals surface area contributed by atoms with Crippen LogP contribution in [0.2, 0.25) is 0 Å². The molecule has 1 heterocycles. The van der Waals surface area contributed by atoms with Crippen LogP contribution in [0.15, 0.2) is 0 Å². The second-order valence-electron chi connectivity index (χ2n) is 17.5. The highest BCUT2D eigenvalue weighted by Gasteiger charge is 2.11. The summed E-state index contributed by atoms with van der Waals surface area (Å²) >= 11 is 0. The summed E-state index contributed by atoms with van der Waals surface area (Å²) in [5.74, 6) is 0. The van der Waals surface area contributed by atoms with Gasteiger partial charge in [0.05, 0.1) is 19.8 Å². The molecule has 0 aliphatic rings. The van der Waals surface area contributed by atoms with Crippen LogP contribution in [0.3, 0.4) is 0 Å². The topological polar surface area (TPSA) is 66.4 Å². The lowest BCUT2D eigenvalue weighted by molar-refractivity contribution is 0.227. The lowest BCUT2D eigenvalue weighted by Crippen LogP contribution is -2.09. The van der Waals surface area contributed by atoms with Crippen LogP contribution in [0.1, 0.15) is 290 Å². The molecule has 57 heavy (non-hydrogen) atoms. The smallest absolute Gasteiger partial charge is 0.325 e. The van der Waals surface area contributed by atoms with Gasteiger partial charge in [-0.3, -0.25) is 0 Å². The van der Waals surface area contributed by atoms with E-state index in [0.29, 0.717) is 37.9 Å². The summed E-state index contributed by atoms with van der Waals surface area (Å²) in [5, 5.41) is 0. The molecule has 0 aliphatic carbocycles. The largest absolute Gasteiger partial charge is 0.463 e. The van der Waals surface area contributed by atoms with Crippen LogP contribution >= 0.6 is 0 Å². The molecule has 6 nitrogen and oxygen atoms in total. The molecule has 0 saturated carbocycles. The summed E-state index contributed by atoms with van der Waals surface area (Å²) in [5.41, 5.74) is 0. The van der Waals surface area contributed by atoms with Gasteiger partial charge in [0.25, 0.3) is 0 Å². The third kappa shape index (κ3) is 39.6. The molecule has 0 N–H and O–H groups in total. The van der Waals surface area contributed by atoms with E-state index in [-0.39, 0.29) is 0 Å². The second kappa shape index (κ2) is 45.5. The lowest BCUT2D eigenvalue weighted by atomic mass is 10.0. The van der Waals surface area contributed by atoms with E-state index in [0.717, 1.165) is 19.3 Å². The Bertz CT molecular complexity index is 789. The van der Waals surface area contributed by atoms with E-state index in [2.05, 4.69) is 35.7 Å². The van der Waals surface area contributed by atoms with Gasteiger partial charge in [0, 0.05) is 0 Å². The minimum atomic E-state index is 0.339. The number of nitrogens with zero attached hydrogens (tertiary/aromatic N) is 3. The van der Waals surface area contributed by atoms with E-state index >= 15 is 0 Å². The number of aromatic nitrogens is 3. The van der Waals surface area contributed by atoms with Crippen molar-refractivity contribution in [3.8, 4) is 18.0 Å². The molecule has 0 atom stereocenters. The van der Waals surface area contributed by atoms with Crippen molar-refractivity contribution in [3.05, 3.63) is 0 Å². The maximum atomic E-state index is 6.03. The highest BCUT2D eigenvalue weighted by molar-refractivity contribution is 5.09. The summed E-state index contributed by atoms with van der Waals surface area (Å²) in [6.07, 6.45) is 56.6. The minimum Gasteiger partial charge on any atom is -0.463 e. The van der Waals surface area contributed by atoms with Crippen LogP contribution < -0.4 is 14.2 Å². The fraction of sp³-hybridized carbons (Fsp3) is 0.941. The molecule has 6 heteroatoms. The Morgan fingerprint density at radius 1 is 0.211 bits per heavy atom. The molecule has 0 unspecified atom stereocenters. The highest BCUT2D eigenvalue weighted by atomic mass is 16.5. The summed E-state index contributed by atoms with van der Waals surface area (Å²) in [6.45, 7) is 8.75. The third-order valence-electron chi connectivity index (χ3n) is 11.8. The van der Waals surface area contributed by atoms with Gasteiger partial charge in [0.15, 0.2) is 0 Å². The highest BCUT2D eigenvalue weighted by Crippen LogP contribution is 2.19. The molecule has 0 saturated heterocycles. The zero-order chi connectivity index (χ0) is 40.8. The number of unbranched alkanes of at least 4 members (excludes halogenated alkanes) is 39. The lowest BCUT2D eigenvalue weighted by Gasteiger charge is -2.10. The molecule has 1 rings (SSSR count). The minimum absolute atomic E-state index is 0.339. The molecule has 0 radical (unpaired) electrons. The van der Waals surface area contributed by atoms with E-state index in [1.807, 2.05) is 0 Å². The van der Waals surface area contributed by atoms with Gasteiger partial charge in [0.2, 0.25) is 0 Å². The Labute approximate surface area is 356 Å². The maximum absolute atomic E-state index is 6.03. The van der Waals surface area contributed by atoms with E-state index < -0.39 is 0 Å². The Balaban J connectivity index is 2.27. The molecular formula is C51H99N3O3. The van der Waals surface area contributed by atoms with Crippen molar-refractivity contribution in [3.63, 3.8) is 0 Å². The zero-order valence-electron chi connectivity index (χ0n) is 38.9. The number of hydrogen-bond donors (Lipinski definition) is 0. The predicted octanol–water partition coefficient (Wildman–Crippen LogP) is 17.5. The van der Waals surface area contributed by atoms with Crippen LogP contribution in [0.5, 0.6) is 18.0 Å². The summed E-state index contributed by atoms with van der Waals surface area (Å²) < 4.78 is 18.1. The maximum Gasteiger partial charge on any atom is 0.325 e. The Kier molecular flexibility index (Phi) is 42.6. The van der Waals surface area contributed by atoms with Crippen molar-refractivity contribution in [1.82, 2.24) is 15.0 Å². The van der Waals surface area contributed by atoms with Crippen molar-refractivity contribution < 1.29 is 14.2 Å². The molecule has 0 spiro atoms. The Morgan fingerprint density at radius 2 is 0.351 bits per heavy atom. The van der Waals surface area contributed by atoms with Gasteiger partial charge < -0.3 is 14.2 Å². The van der Waals surface area contributed by atoms with Crippen LogP contribution in [0.25, 0.3) is 0 Å². The fourth-order valence-corrected chi connectivity index (χ4v) is 7.89. The van der Waals surface area contributed by atoms with Crippen molar-refractivity contribution >= 4 is 0 Å². The predicted molar refractivity (Wildman–Crippen MR) is 247 cm³/mol. The number of ether oxygens (including phenoxy) is 3. The Hall–Kier alpha value is -1.59. The number of rotatable bonds is 48. The van der Waals surface area contributed by atoms with E-state index in [9.17, 15) is 0 Å². The van der Waals surface area contributed by atoms with Crippen molar-refractivity contribution in [2.75, 3.05) is 19.8 Å². The van der Waals surface area contributed by atoms with Crippen molar-refractivity contribution in [1.29, 1.82) is 0 Å². The van der Waals surface area contributed by atoms with Crippen LogP contribution in [0.4, 0.5) is 0 Å². The van der Waals surface area contributed by atoms with Gasteiger partial charge in [-0.2, -0.15) is 0 Å². The molecule has 0 fully saturated rings. The third-order valence-corrected chi connectivity index (χ3v) is 11.8. The summed E-state index contributed by atoms with van der Waals surface area (Å²) in [7, 11) is 0. The molecule has 0 bridgehead atoms. The second-order valence-corrected chi connectivity index (χ2v) is 17.5. The van der Waals surface area contributed by atoms with Gasteiger partial charge in [-0.05, 0) is 19.3 Å². The Morgan fingerprint density at radius 3 is 0.509 bits per heavy atom. The monoisotopic (exact) mass is 802 g/mol. The normalized spacial score (nSPS) is 11.4. The number of hydrogen-bond acceptors (Lipinski definition) is 6. The summed E-state index contributed by atoms with van der Waals surface area (Å²) in [6, 6.07) is 1.02. The first-order valence-corrected chi connectivity index (χ1v) is 25.9. The average Bonchev–Trinajstić information content (AvgIpc) is 3.22. The van der Waals surface area contributed by atoms with Crippen molar-refractivity contribution in [2.24, 2.45) is 0 Å². The van der Waals surface area contributed by atoms with Crippen LogP contribution in [-0.4, -0.2) is 34.8 Å². The fourth-order valence-electron chi connectivity index (χ4n) is 7.89. The quantitative estimate of drug-likeness (QED) is 0.0612. The zero-order valence-corrected chi connectivity index (χ0v) is 38.9. The van der Waals surface area contributed by atoms with Gasteiger partial charge in [0.1, 0.15) is 0 Å². The van der Waals surface area contributed by atoms with E-state index in [4.69, 9.17) is 14.2 Å². The molecule has 0 aliphatic heterocycles. The molecule has 0 aromatic carbocycles.